The largest absolute Gasteiger partial charge is 0.457 e. The maximum Gasteiger partial charge on any atom is 0.419 e. The second kappa shape index (κ2) is 7.91. The molecule has 0 radical (unpaired) electrons. The van der Waals surface area contributed by atoms with E-state index in [4.69, 9.17) is 4.74 Å². The number of halogens is 3. The normalized spacial score (nSPS) is 18.1. The zero-order valence-electron chi connectivity index (χ0n) is 14.0. The molecule has 134 valence electrons. The number of ether oxygens (including phenoxy) is 1. The molecule has 1 aliphatic heterocycles. The quantitative estimate of drug-likeness (QED) is 0.762. The summed E-state index contributed by atoms with van der Waals surface area (Å²) in [5.74, 6) is 0.270. The third kappa shape index (κ3) is 4.98. The van der Waals surface area contributed by atoms with Crippen LogP contribution >= 0.6 is 0 Å². The Bertz CT molecular complexity index is 693. The highest BCUT2D eigenvalue weighted by Gasteiger charge is 2.34. The van der Waals surface area contributed by atoms with Gasteiger partial charge in [0.1, 0.15) is 11.5 Å². The Kier molecular flexibility index (Phi) is 5.63. The number of rotatable bonds is 5. The van der Waals surface area contributed by atoms with E-state index in [1.165, 1.54) is 31.4 Å². The second-order valence-corrected chi connectivity index (χ2v) is 6.43. The molecule has 1 saturated heterocycles. The van der Waals surface area contributed by atoms with Crippen LogP contribution in [0, 0.1) is 0 Å². The van der Waals surface area contributed by atoms with Crippen molar-refractivity contribution in [1.29, 1.82) is 0 Å². The minimum atomic E-state index is -4.43. The Balaban J connectivity index is 1.68. The van der Waals surface area contributed by atoms with Crippen molar-refractivity contribution in [3.63, 3.8) is 0 Å². The van der Waals surface area contributed by atoms with Crippen LogP contribution in [0.25, 0.3) is 0 Å². The number of hydrogen-bond donors (Lipinski definition) is 1. The summed E-state index contributed by atoms with van der Waals surface area (Å²) in [5.41, 5.74) is 0.321. The van der Waals surface area contributed by atoms with Crippen molar-refractivity contribution in [2.24, 2.45) is 0 Å². The van der Waals surface area contributed by atoms with Gasteiger partial charge in [-0.05, 0) is 62.1 Å². The van der Waals surface area contributed by atoms with Gasteiger partial charge in [0.15, 0.2) is 0 Å². The molecular weight excluding hydrogens is 327 g/mol. The van der Waals surface area contributed by atoms with E-state index in [0.29, 0.717) is 11.8 Å². The van der Waals surface area contributed by atoms with Crippen LogP contribution in [0.2, 0.25) is 0 Å². The van der Waals surface area contributed by atoms with Gasteiger partial charge in [0, 0.05) is 6.04 Å². The summed E-state index contributed by atoms with van der Waals surface area (Å²) in [5, 5.41) is 3.51. The summed E-state index contributed by atoms with van der Waals surface area (Å²) in [4.78, 5) is 0. The summed E-state index contributed by atoms with van der Waals surface area (Å²) in [6.45, 7) is 1.07. The van der Waals surface area contributed by atoms with E-state index in [-0.39, 0.29) is 5.75 Å². The molecule has 1 atom stereocenters. The molecule has 0 aliphatic carbocycles. The maximum absolute atomic E-state index is 13.1. The zero-order valence-corrected chi connectivity index (χ0v) is 14.0. The first kappa shape index (κ1) is 17.8. The molecule has 1 fully saturated rings. The molecule has 3 rings (SSSR count). The van der Waals surface area contributed by atoms with E-state index < -0.39 is 11.7 Å². The molecule has 1 N–H and O–H groups in total. The summed E-state index contributed by atoms with van der Waals surface area (Å²) in [7, 11) is 0. The van der Waals surface area contributed by atoms with Gasteiger partial charge in [-0.3, -0.25) is 0 Å². The Morgan fingerprint density at radius 2 is 1.88 bits per heavy atom. The van der Waals surface area contributed by atoms with Crippen LogP contribution in [0.15, 0.2) is 48.5 Å². The standard InChI is InChI=1S/C20H22F3NO/c21-20(22,23)18-9-1-2-10-19(18)25-17-8-5-6-15(14-17)11-12-16-7-3-4-13-24-16/h1-2,5-6,8-10,14,16,24H,3-4,7,11-13H2. The Labute approximate surface area is 146 Å². The van der Waals surface area contributed by atoms with Crippen LogP contribution in [0.4, 0.5) is 13.2 Å². The molecule has 0 spiro atoms. The lowest BCUT2D eigenvalue weighted by molar-refractivity contribution is -0.138. The Hall–Kier alpha value is -2.01. The van der Waals surface area contributed by atoms with Crippen molar-refractivity contribution in [2.75, 3.05) is 6.54 Å². The summed E-state index contributed by atoms with van der Waals surface area (Å²) < 4.78 is 44.7. The highest BCUT2D eigenvalue weighted by atomic mass is 19.4. The third-order valence-corrected chi connectivity index (χ3v) is 4.51. The molecule has 5 heteroatoms. The van der Waals surface area contributed by atoms with Gasteiger partial charge >= 0.3 is 6.18 Å². The van der Waals surface area contributed by atoms with Crippen LogP contribution in [-0.2, 0) is 12.6 Å². The topological polar surface area (TPSA) is 21.3 Å². The monoisotopic (exact) mass is 349 g/mol. The zero-order chi connectivity index (χ0) is 17.7. The number of alkyl halides is 3. The minimum absolute atomic E-state index is 0.166. The van der Waals surface area contributed by atoms with E-state index in [2.05, 4.69) is 5.32 Å². The highest BCUT2D eigenvalue weighted by Crippen LogP contribution is 2.38. The first-order valence-electron chi connectivity index (χ1n) is 8.69. The van der Waals surface area contributed by atoms with Gasteiger partial charge in [0.25, 0.3) is 0 Å². The maximum atomic E-state index is 13.1. The van der Waals surface area contributed by atoms with Crippen molar-refractivity contribution in [3.05, 3.63) is 59.7 Å². The fourth-order valence-corrected chi connectivity index (χ4v) is 3.19. The van der Waals surface area contributed by atoms with Crippen molar-refractivity contribution >= 4 is 0 Å². The summed E-state index contributed by atoms with van der Waals surface area (Å²) in [6.07, 6.45) is 1.17. The fourth-order valence-electron chi connectivity index (χ4n) is 3.19. The van der Waals surface area contributed by atoms with Crippen molar-refractivity contribution < 1.29 is 17.9 Å². The Morgan fingerprint density at radius 1 is 1.04 bits per heavy atom. The lowest BCUT2D eigenvalue weighted by Gasteiger charge is -2.23. The number of piperidine rings is 1. The molecule has 25 heavy (non-hydrogen) atoms. The number of para-hydroxylation sites is 1. The highest BCUT2D eigenvalue weighted by molar-refractivity contribution is 5.40. The SMILES string of the molecule is FC(F)(F)c1ccccc1Oc1cccc(CCC2CCCCN2)c1. The molecular formula is C20H22F3NO. The molecule has 2 aromatic rings. The smallest absolute Gasteiger partial charge is 0.419 e. The Morgan fingerprint density at radius 3 is 2.64 bits per heavy atom. The van der Waals surface area contributed by atoms with E-state index in [0.717, 1.165) is 31.0 Å². The van der Waals surface area contributed by atoms with Crippen molar-refractivity contribution in [2.45, 2.75) is 44.3 Å². The molecule has 0 saturated carbocycles. The second-order valence-electron chi connectivity index (χ2n) is 6.43. The van der Waals surface area contributed by atoms with E-state index >= 15 is 0 Å². The third-order valence-electron chi connectivity index (χ3n) is 4.51. The van der Waals surface area contributed by atoms with E-state index in [9.17, 15) is 13.2 Å². The van der Waals surface area contributed by atoms with Gasteiger partial charge in [-0.2, -0.15) is 13.2 Å². The van der Waals surface area contributed by atoms with E-state index in [1.54, 1.807) is 12.1 Å². The molecule has 1 heterocycles. The van der Waals surface area contributed by atoms with Crippen molar-refractivity contribution in [1.82, 2.24) is 5.32 Å². The molecule has 0 aromatic heterocycles. The lowest BCUT2D eigenvalue weighted by atomic mass is 9.98. The van der Waals surface area contributed by atoms with Gasteiger partial charge < -0.3 is 10.1 Å². The fraction of sp³-hybridized carbons (Fsp3) is 0.400. The van der Waals surface area contributed by atoms with Gasteiger partial charge in [-0.15, -0.1) is 0 Å². The van der Waals surface area contributed by atoms with Gasteiger partial charge in [-0.25, -0.2) is 0 Å². The number of benzene rings is 2. The van der Waals surface area contributed by atoms with Gasteiger partial charge in [0.05, 0.1) is 5.56 Å². The molecule has 1 unspecified atom stereocenters. The van der Waals surface area contributed by atoms with Crippen molar-refractivity contribution in [3.8, 4) is 11.5 Å². The van der Waals surface area contributed by atoms with Gasteiger partial charge in [-0.1, -0.05) is 30.7 Å². The van der Waals surface area contributed by atoms with Crippen LogP contribution in [0.3, 0.4) is 0 Å². The first-order chi connectivity index (χ1) is 12.0. The van der Waals surface area contributed by atoms with Crippen LogP contribution in [0.1, 0.15) is 36.8 Å². The average molecular weight is 349 g/mol. The minimum Gasteiger partial charge on any atom is -0.457 e. The molecule has 0 amide bonds. The summed E-state index contributed by atoms with van der Waals surface area (Å²) in [6, 6.07) is 13.2. The van der Waals surface area contributed by atoms with Crippen LogP contribution in [-0.4, -0.2) is 12.6 Å². The summed E-state index contributed by atoms with van der Waals surface area (Å²) >= 11 is 0. The van der Waals surface area contributed by atoms with Gasteiger partial charge in [0.2, 0.25) is 0 Å². The average Bonchev–Trinajstić information content (AvgIpc) is 2.61. The number of hydrogen-bond acceptors (Lipinski definition) is 2. The molecule has 1 aliphatic rings. The van der Waals surface area contributed by atoms with Crippen LogP contribution < -0.4 is 10.1 Å². The molecule has 2 nitrogen and oxygen atoms in total. The van der Waals surface area contributed by atoms with E-state index in [1.807, 2.05) is 18.2 Å². The molecule has 2 aromatic carbocycles. The molecule has 0 bridgehead atoms. The predicted octanol–water partition coefficient (Wildman–Crippen LogP) is 5.57. The predicted molar refractivity (Wildman–Crippen MR) is 91.9 cm³/mol. The number of aryl methyl sites for hydroxylation is 1. The lowest BCUT2D eigenvalue weighted by Crippen LogP contribution is -2.34. The first-order valence-corrected chi connectivity index (χ1v) is 8.69. The van der Waals surface area contributed by atoms with Crippen LogP contribution in [0.5, 0.6) is 11.5 Å². The number of nitrogens with one attached hydrogen (secondary N) is 1.